The predicted molar refractivity (Wildman–Crippen MR) is 97.1 cm³/mol. The summed E-state index contributed by atoms with van der Waals surface area (Å²) in [5.41, 5.74) is 12.6. The van der Waals surface area contributed by atoms with Gasteiger partial charge in [0.15, 0.2) is 0 Å². The number of hydrogen-bond donors (Lipinski definition) is 2. The summed E-state index contributed by atoms with van der Waals surface area (Å²) < 4.78 is 28.5. The van der Waals surface area contributed by atoms with Gasteiger partial charge in [-0.1, -0.05) is 30.3 Å². The highest BCUT2D eigenvalue weighted by atomic mass is 35.5. The van der Waals surface area contributed by atoms with Crippen LogP contribution in [0.3, 0.4) is 0 Å². The Morgan fingerprint density at radius 3 is 2.40 bits per heavy atom. The summed E-state index contributed by atoms with van der Waals surface area (Å²) in [4.78, 5) is 11.4. The molecule has 4 N–H and O–H groups in total. The SMILES string of the molecule is Cl.Cn1cc(S(=O)(=O)N2C[C@@H](N)[C@H](c3ccccc3)C2)cc1C(N)=O. The van der Waals surface area contributed by atoms with Gasteiger partial charge in [0, 0.05) is 38.3 Å². The Morgan fingerprint density at radius 2 is 1.84 bits per heavy atom. The molecule has 0 spiro atoms. The highest BCUT2D eigenvalue weighted by Gasteiger charge is 2.38. The molecule has 7 nitrogen and oxygen atoms in total. The number of rotatable bonds is 4. The summed E-state index contributed by atoms with van der Waals surface area (Å²) >= 11 is 0. The van der Waals surface area contributed by atoms with Crippen LogP contribution in [0.2, 0.25) is 0 Å². The molecule has 25 heavy (non-hydrogen) atoms. The van der Waals surface area contributed by atoms with E-state index in [1.807, 2.05) is 30.3 Å². The second-order valence-electron chi connectivity index (χ2n) is 6.04. The Labute approximate surface area is 153 Å². The van der Waals surface area contributed by atoms with Crippen molar-refractivity contribution in [2.75, 3.05) is 13.1 Å². The third-order valence-electron chi connectivity index (χ3n) is 4.43. The highest BCUT2D eigenvalue weighted by molar-refractivity contribution is 7.89. The number of nitrogens with two attached hydrogens (primary N) is 2. The largest absolute Gasteiger partial charge is 0.364 e. The molecule has 1 aliphatic heterocycles. The fraction of sp³-hybridized carbons (Fsp3) is 0.312. The smallest absolute Gasteiger partial charge is 0.265 e. The number of aromatic nitrogens is 1. The summed E-state index contributed by atoms with van der Waals surface area (Å²) in [7, 11) is -2.14. The Morgan fingerprint density at radius 1 is 1.20 bits per heavy atom. The zero-order valence-electron chi connectivity index (χ0n) is 13.7. The van der Waals surface area contributed by atoms with Crippen LogP contribution in [-0.4, -0.2) is 42.3 Å². The summed E-state index contributed by atoms with van der Waals surface area (Å²) in [5.74, 6) is -0.723. The van der Waals surface area contributed by atoms with Crippen LogP contribution >= 0.6 is 12.4 Å². The molecule has 1 saturated heterocycles. The highest BCUT2D eigenvalue weighted by Crippen LogP contribution is 2.30. The minimum Gasteiger partial charge on any atom is -0.364 e. The van der Waals surface area contributed by atoms with Crippen molar-refractivity contribution in [3.8, 4) is 0 Å². The molecule has 0 bridgehead atoms. The first-order valence-corrected chi connectivity index (χ1v) is 9.01. The Balaban J connectivity index is 0.00000225. The lowest BCUT2D eigenvalue weighted by Crippen LogP contribution is -2.32. The molecular weight excluding hydrogens is 364 g/mol. The van der Waals surface area contributed by atoms with Crippen molar-refractivity contribution in [2.24, 2.45) is 18.5 Å². The second-order valence-corrected chi connectivity index (χ2v) is 7.98. The molecule has 136 valence electrons. The van der Waals surface area contributed by atoms with E-state index >= 15 is 0 Å². The Kier molecular flexibility index (Phi) is 5.58. The number of hydrogen-bond acceptors (Lipinski definition) is 4. The van der Waals surface area contributed by atoms with Crippen LogP contribution < -0.4 is 11.5 Å². The summed E-state index contributed by atoms with van der Waals surface area (Å²) in [6.07, 6.45) is 1.40. The quantitative estimate of drug-likeness (QED) is 0.806. The predicted octanol–water partition coefficient (Wildman–Crippen LogP) is 0.661. The molecular formula is C16H21ClN4O3S. The van der Waals surface area contributed by atoms with E-state index in [2.05, 4.69) is 0 Å². The lowest BCUT2D eigenvalue weighted by molar-refractivity contribution is 0.0992. The molecule has 0 radical (unpaired) electrons. The van der Waals surface area contributed by atoms with Crippen molar-refractivity contribution in [2.45, 2.75) is 16.9 Å². The molecule has 1 aromatic carbocycles. The maximum atomic E-state index is 12.8. The number of primary amides is 1. The molecule has 1 amide bonds. The van der Waals surface area contributed by atoms with E-state index in [-0.39, 0.29) is 41.5 Å². The van der Waals surface area contributed by atoms with E-state index in [1.54, 1.807) is 7.05 Å². The van der Waals surface area contributed by atoms with Crippen LogP contribution in [0, 0.1) is 0 Å². The normalized spacial score (nSPS) is 21.0. The lowest BCUT2D eigenvalue weighted by Gasteiger charge is -2.15. The standard InChI is InChI=1S/C16H20N4O3S.ClH/c1-19-8-12(7-15(19)16(18)21)24(22,23)20-9-13(14(17)10-20)11-5-3-2-4-6-11;/h2-8,13-14H,9-10,17H2,1H3,(H2,18,21);1H/t13-,14+;/m0./s1. The number of carbonyl (C=O) groups is 1. The molecule has 2 aromatic rings. The van der Waals surface area contributed by atoms with Gasteiger partial charge >= 0.3 is 0 Å². The topological polar surface area (TPSA) is 111 Å². The van der Waals surface area contributed by atoms with Crippen molar-refractivity contribution in [3.63, 3.8) is 0 Å². The maximum absolute atomic E-state index is 12.8. The number of nitrogens with zero attached hydrogens (tertiary/aromatic N) is 2. The second kappa shape index (κ2) is 7.17. The first-order chi connectivity index (χ1) is 11.3. The number of benzene rings is 1. The van der Waals surface area contributed by atoms with Gasteiger partial charge in [-0.2, -0.15) is 4.31 Å². The number of halogens is 1. The maximum Gasteiger partial charge on any atom is 0.265 e. The molecule has 3 rings (SSSR count). The van der Waals surface area contributed by atoms with Crippen molar-refractivity contribution in [3.05, 3.63) is 53.9 Å². The number of carbonyl (C=O) groups excluding carboxylic acids is 1. The van der Waals surface area contributed by atoms with Gasteiger partial charge in [0.05, 0.1) is 0 Å². The number of sulfonamides is 1. The molecule has 1 aromatic heterocycles. The van der Waals surface area contributed by atoms with E-state index < -0.39 is 15.9 Å². The Bertz CT molecular complexity index is 867. The first kappa shape index (κ1) is 19.5. The minimum absolute atomic E-state index is 0. The van der Waals surface area contributed by atoms with Gasteiger partial charge in [-0.15, -0.1) is 12.4 Å². The van der Waals surface area contributed by atoms with Crippen molar-refractivity contribution in [1.29, 1.82) is 0 Å². The summed E-state index contributed by atoms with van der Waals surface area (Å²) in [6.45, 7) is 0.553. The zero-order valence-corrected chi connectivity index (χ0v) is 15.3. The molecule has 2 atom stereocenters. The van der Waals surface area contributed by atoms with Gasteiger partial charge in [0.2, 0.25) is 10.0 Å². The molecule has 1 aliphatic rings. The van der Waals surface area contributed by atoms with Crippen LogP contribution in [0.15, 0.2) is 47.5 Å². The van der Waals surface area contributed by atoms with Gasteiger partial charge in [0.25, 0.3) is 5.91 Å². The van der Waals surface area contributed by atoms with Gasteiger partial charge in [-0.25, -0.2) is 8.42 Å². The first-order valence-electron chi connectivity index (χ1n) is 7.57. The van der Waals surface area contributed by atoms with Gasteiger partial charge in [-0.05, 0) is 11.6 Å². The third kappa shape index (κ3) is 3.57. The van der Waals surface area contributed by atoms with E-state index in [0.717, 1.165) is 5.56 Å². The summed E-state index contributed by atoms with van der Waals surface area (Å²) in [5, 5.41) is 0. The molecule has 0 saturated carbocycles. The summed E-state index contributed by atoms with van der Waals surface area (Å²) in [6, 6.07) is 10.7. The van der Waals surface area contributed by atoms with Crippen molar-refractivity contribution >= 4 is 28.3 Å². The molecule has 1 fully saturated rings. The zero-order chi connectivity index (χ0) is 17.5. The average Bonchev–Trinajstić information content (AvgIpc) is 3.12. The van der Waals surface area contributed by atoms with Crippen LogP contribution in [0.5, 0.6) is 0 Å². The van der Waals surface area contributed by atoms with Gasteiger partial charge < -0.3 is 16.0 Å². The van der Waals surface area contributed by atoms with Gasteiger partial charge in [-0.3, -0.25) is 4.79 Å². The number of aryl methyl sites for hydroxylation is 1. The van der Waals surface area contributed by atoms with E-state index in [0.29, 0.717) is 6.54 Å². The van der Waals surface area contributed by atoms with Crippen molar-refractivity contribution in [1.82, 2.24) is 8.87 Å². The molecule has 0 aliphatic carbocycles. The van der Waals surface area contributed by atoms with Gasteiger partial charge in [0.1, 0.15) is 10.6 Å². The molecule has 0 unspecified atom stereocenters. The van der Waals surface area contributed by atoms with E-state index in [1.165, 1.54) is 21.1 Å². The van der Waals surface area contributed by atoms with Crippen molar-refractivity contribution < 1.29 is 13.2 Å². The fourth-order valence-electron chi connectivity index (χ4n) is 3.11. The van der Waals surface area contributed by atoms with Crippen LogP contribution in [0.1, 0.15) is 22.0 Å². The minimum atomic E-state index is -3.72. The van der Waals surface area contributed by atoms with E-state index in [4.69, 9.17) is 11.5 Å². The third-order valence-corrected chi connectivity index (χ3v) is 6.23. The fourth-order valence-corrected chi connectivity index (χ4v) is 4.69. The van der Waals surface area contributed by atoms with E-state index in [9.17, 15) is 13.2 Å². The molecule has 9 heteroatoms. The Hall–Kier alpha value is -1.87. The monoisotopic (exact) mass is 384 g/mol. The number of amides is 1. The van der Waals surface area contributed by atoms with Crippen LogP contribution in [-0.2, 0) is 17.1 Å². The molecule has 2 heterocycles. The average molecular weight is 385 g/mol. The van der Waals surface area contributed by atoms with Crippen LogP contribution in [0.4, 0.5) is 0 Å². The van der Waals surface area contributed by atoms with Crippen LogP contribution in [0.25, 0.3) is 0 Å². The lowest BCUT2D eigenvalue weighted by atomic mass is 9.95.